The number of thiophene rings is 1. The topological polar surface area (TPSA) is 114 Å². The fourth-order valence-electron chi connectivity index (χ4n) is 6.20. The fraction of sp³-hybridized carbons (Fsp3) is 0.552. The molecule has 0 saturated carbocycles. The molecule has 240 valence electrons. The van der Waals surface area contributed by atoms with Crippen LogP contribution in [0, 0.1) is 0 Å². The summed E-state index contributed by atoms with van der Waals surface area (Å²) in [6.07, 6.45) is -2.32. The Morgan fingerprint density at radius 2 is 1.77 bits per heavy atom. The number of carbonyl (C=O) groups is 3. The first-order chi connectivity index (χ1) is 20.8. The standard InChI is InChI=1S/C29H37ClF3N7O3S/c1-37(2)19-3-7-38(8-4-19)26(41)23(13-17-11-21(29(31,32)33)25(34)22(30)12-17)35-27(42)39-9-5-20(6-10-39)40-14-18-15-44-16-24(18)36-28(40)43/h11-12,15-16,19-20,23H,3-10,13-14,34H2,1-2H3,(H,35,42)(H,36,43)/t23-/m1/s1. The van der Waals surface area contributed by atoms with Crippen LogP contribution < -0.4 is 16.4 Å². The summed E-state index contributed by atoms with van der Waals surface area (Å²) < 4.78 is 41.0. The van der Waals surface area contributed by atoms with Crippen molar-refractivity contribution >= 4 is 52.3 Å². The summed E-state index contributed by atoms with van der Waals surface area (Å²) in [6.45, 7) is 2.17. The normalized spacial score (nSPS) is 19.2. The Bertz CT molecular complexity index is 1390. The lowest BCUT2D eigenvalue weighted by atomic mass is 9.98. The molecular weight excluding hydrogens is 619 g/mol. The van der Waals surface area contributed by atoms with Crippen LogP contribution in [-0.2, 0) is 23.9 Å². The summed E-state index contributed by atoms with van der Waals surface area (Å²) in [6, 6.07) is 0.702. The van der Waals surface area contributed by atoms with Crippen LogP contribution in [0.15, 0.2) is 22.9 Å². The minimum atomic E-state index is -4.73. The molecular formula is C29H37ClF3N7O3S. The van der Waals surface area contributed by atoms with E-state index in [1.54, 1.807) is 14.7 Å². The van der Waals surface area contributed by atoms with Crippen LogP contribution >= 0.6 is 22.9 Å². The van der Waals surface area contributed by atoms with Crippen LogP contribution in [0.25, 0.3) is 0 Å². The number of piperidine rings is 2. The van der Waals surface area contributed by atoms with Crippen molar-refractivity contribution in [1.29, 1.82) is 0 Å². The van der Waals surface area contributed by atoms with Crippen LogP contribution in [0.3, 0.4) is 0 Å². The highest BCUT2D eigenvalue weighted by Gasteiger charge is 2.37. The Kier molecular flexibility index (Phi) is 9.52. The van der Waals surface area contributed by atoms with Gasteiger partial charge in [-0.3, -0.25) is 4.79 Å². The SMILES string of the molecule is CN(C)C1CCN(C(=O)[C@@H](Cc2cc(Cl)c(N)c(C(F)(F)F)c2)NC(=O)N2CCC(N3Cc4cscc4NC3=O)CC2)CC1. The van der Waals surface area contributed by atoms with Gasteiger partial charge in [-0.2, -0.15) is 13.2 Å². The van der Waals surface area contributed by atoms with E-state index in [9.17, 15) is 27.6 Å². The molecule has 0 radical (unpaired) electrons. The van der Waals surface area contributed by atoms with Crippen molar-refractivity contribution in [3.05, 3.63) is 44.6 Å². The Morgan fingerprint density at radius 3 is 2.41 bits per heavy atom. The van der Waals surface area contributed by atoms with E-state index >= 15 is 0 Å². The molecule has 44 heavy (non-hydrogen) atoms. The van der Waals surface area contributed by atoms with Gasteiger partial charge in [-0.05, 0) is 62.9 Å². The number of nitrogens with zero attached hydrogens (tertiary/aromatic N) is 4. The molecule has 2 fully saturated rings. The number of hydrogen-bond acceptors (Lipinski definition) is 6. The van der Waals surface area contributed by atoms with Gasteiger partial charge in [-0.15, -0.1) is 11.3 Å². The summed E-state index contributed by atoms with van der Waals surface area (Å²) in [5.41, 5.74) is 5.98. The summed E-state index contributed by atoms with van der Waals surface area (Å²) >= 11 is 7.60. The fourth-order valence-corrected chi connectivity index (χ4v) is 7.22. The van der Waals surface area contributed by atoms with E-state index < -0.39 is 29.5 Å². The molecule has 1 aromatic carbocycles. The van der Waals surface area contributed by atoms with Gasteiger partial charge < -0.3 is 36.0 Å². The molecule has 3 aliphatic heterocycles. The smallest absolute Gasteiger partial charge is 0.397 e. The van der Waals surface area contributed by atoms with Gasteiger partial charge in [0.25, 0.3) is 0 Å². The number of amides is 5. The van der Waals surface area contributed by atoms with Crippen LogP contribution in [0.2, 0.25) is 5.02 Å². The van der Waals surface area contributed by atoms with Crippen molar-refractivity contribution in [3.63, 3.8) is 0 Å². The number of benzene rings is 1. The average molecular weight is 656 g/mol. The molecule has 0 spiro atoms. The van der Waals surface area contributed by atoms with Gasteiger partial charge in [0.2, 0.25) is 5.91 Å². The minimum absolute atomic E-state index is 0.0553. The molecule has 0 bridgehead atoms. The van der Waals surface area contributed by atoms with E-state index in [0.717, 1.165) is 30.2 Å². The Hall–Kier alpha value is -3.23. The van der Waals surface area contributed by atoms with Gasteiger partial charge in [0, 0.05) is 55.6 Å². The number of halogens is 4. The van der Waals surface area contributed by atoms with Crippen LogP contribution in [0.4, 0.5) is 34.1 Å². The molecule has 4 heterocycles. The highest BCUT2D eigenvalue weighted by atomic mass is 35.5. The number of fused-ring (bicyclic) bond motifs is 1. The lowest BCUT2D eigenvalue weighted by Gasteiger charge is -2.40. The highest BCUT2D eigenvalue weighted by Crippen LogP contribution is 2.38. The van der Waals surface area contributed by atoms with E-state index in [-0.39, 0.29) is 35.0 Å². The van der Waals surface area contributed by atoms with E-state index in [2.05, 4.69) is 15.5 Å². The first kappa shape index (κ1) is 32.2. The van der Waals surface area contributed by atoms with E-state index in [0.29, 0.717) is 51.6 Å². The molecule has 2 aromatic rings. The number of nitrogens with two attached hydrogens (primary N) is 1. The maximum atomic E-state index is 13.8. The Balaban J connectivity index is 1.28. The van der Waals surface area contributed by atoms with Gasteiger partial charge in [0.05, 0.1) is 28.5 Å². The van der Waals surface area contributed by atoms with Crippen LogP contribution in [-0.4, -0.2) is 96.0 Å². The summed E-state index contributed by atoms with van der Waals surface area (Å²) in [7, 11) is 3.96. The third-order valence-electron chi connectivity index (χ3n) is 8.81. The second kappa shape index (κ2) is 13.0. The van der Waals surface area contributed by atoms with Crippen molar-refractivity contribution < 1.29 is 27.6 Å². The number of urea groups is 2. The average Bonchev–Trinajstić information content (AvgIpc) is 3.44. The third kappa shape index (κ3) is 7.02. The van der Waals surface area contributed by atoms with Crippen molar-refractivity contribution in [2.45, 2.75) is 63.0 Å². The van der Waals surface area contributed by atoms with Gasteiger partial charge >= 0.3 is 18.2 Å². The highest BCUT2D eigenvalue weighted by molar-refractivity contribution is 7.08. The lowest BCUT2D eigenvalue weighted by molar-refractivity contribution is -0.137. The van der Waals surface area contributed by atoms with Gasteiger partial charge in [0.15, 0.2) is 0 Å². The quantitative estimate of drug-likeness (QED) is 0.391. The predicted octanol–water partition coefficient (Wildman–Crippen LogP) is 4.69. The zero-order valence-electron chi connectivity index (χ0n) is 24.6. The van der Waals surface area contributed by atoms with Gasteiger partial charge in [0.1, 0.15) is 6.04 Å². The first-order valence-electron chi connectivity index (χ1n) is 14.6. The van der Waals surface area contributed by atoms with Crippen molar-refractivity contribution in [2.75, 3.05) is 51.3 Å². The molecule has 5 amide bonds. The Morgan fingerprint density at radius 1 is 1.11 bits per heavy atom. The van der Waals surface area contributed by atoms with E-state index in [1.165, 1.54) is 17.4 Å². The number of anilines is 2. The van der Waals surface area contributed by atoms with E-state index in [1.807, 2.05) is 24.9 Å². The number of alkyl halides is 3. The second-order valence-electron chi connectivity index (χ2n) is 11.8. The molecule has 0 unspecified atom stereocenters. The van der Waals surface area contributed by atoms with Crippen molar-refractivity contribution in [2.24, 2.45) is 0 Å². The maximum Gasteiger partial charge on any atom is 0.418 e. The number of carbonyl (C=O) groups excluding carboxylic acids is 3. The van der Waals surface area contributed by atoms with Crippen LogP contribution in [0.1, 0.15) is 42.4 Å². The van der Waals surface area contributed by atoms with Crippen molar-refractivity contribution in [3.8, 4) is 0 Å². The predicted molar refractivity (Wildman–Crippen MR) is 164 cm³/mol. The zero-order valence-corrected chi connectivity index (χ0v) is 26.2. The molecule has 10 nitrogen and oxygen atoms in total. The van der Waals surface area contributed by atoms with Crippen LogP contribution in [0.5, 0.6) is 0 Å². The second-order valence-corrected chi connectivity index (χ2v) is 13.0. The maximum absolute atomic E-state index is 13.8. The minimum Gasteiger partial charge on any atom is -0.397 e. The molecule has 3 aliphatic rings. The number of nitrogens with one attached hydrogen (secondary N) is 2. The van der Waals surface area contributed by atoms with Crippen molar-refractivity contribution in [1.82, 2.24) is 24.9 Å². The molecule has 0 aliphatic carbocycles. The number of nitrogen functional groups attached to an aromatic ring is 1. The number of likely N-dealkylation sites (tertiary alicyclic amines) is 2. The third-order valence-corrected chi connectivity index (χ3v) is 9.92. The molecule has 4 N–H and O–H groups in total. The molecule has 2 saturated heterocycles. The monoisotopic (exact) mass is 655 g/mol. The van der Waals surface area contributed by atoms with E-state index in [4.69, 9.17) is 17.3 Å². The lowest BCUT2D eigenvalue weighted by Crippen LogP contribution is -2.57. The van der Waals surface area contributed by atoms with Gasteiger partial charge in [-0.1, -0.05) is 11.6 Å². The molecule has 1 aromatic heterocycles. The first-order valence-corrected chi connectivity index (χ1v) is 15.9. The number of hydrogen-bond donors (Lipinski definition) is 3. The molecule has 15 heteroatoms. The summed E-state index contributed by atoms with van der Waals surface area (Å²) in [5.74, 6) is -0.358. The Labute approximate surface area is 263 Å². The zero-order chi connectivity index (χ0) is 31.8. The summed E-state index contributed by atoms with van der Waals surface area (Å²) in [4.78, 5) is 47.1. The van der Waals surface area contributed by atoms with Gasteiger partial charge in [-0.25, -0.2) is 9.59 Å². The number of rotatable bonds is 6. The largest absolute Gasteiger partial charge is 0.418 e. The molecule has 1 atom stereocenters. The summed E-state index contributed by atoms with van der Waals surface area (Å²) in [5, 5.41) is 9.37. The molecule has 5 rings (SSSR count).